The molecule has 0 saturated carbocycles. The molecule has 1 amide bonds. The van der Waals surface area contributed by atoms with Gasteiger partial charge in [0.05, 0.1) is 10.2 Å². The van der Waals surface area contributed by atoms with Crippen LogP contribution in [0.2, 0.25) is 0 Å². The molecule has 1 aromatic heterocycles. The summed E-state index contributed by atoms with van der Waals surface area (Å²) in [5.74, 6) is 0.506. The van der Waals surface area contributed by atoms with E-state index in [4.69, 9.17) is 9.72 Å². The SMILES string of the molecule is CCc1ccc(OCC(=O)Nc2cc(-c3nc4ccccc4s3)ccc2C)cc1. The molecule has 0 saturated heterocycles. The van der Waals surface area contributed by atoms with E-state index >= 15 is 0 Å². The van der Waals surface area contributed by atoms with E-state index in [-0.39, 0.29) is 12.5 Å². The van der Waals surface area contributed by atoms with E-state index in [9.17, 15) is 4.79 Å². The van der Waals surface area contributed by atoms with Crippen LogP contribution in [0.25, 0.3) is 20.8 Å². The van der Waals surface area contributed by atoms with Crippen LogP contribution in [0, 0.1) is 6.92 Å². The van der Waals surface area contributed by atoms with Crippen molar-refractivity contribution in [3.63, 3.8) is 0 Å². The van der Waals surface area contributed by atoms with Gasteiger partial charge in [0.1, 0.15) is 10.8 Å². The number of aromatic nitrogens is 1. The second-order valence-electron chi connectivity index (χ2n) is 6.85. The number of carbonyl (C=O) groups excluding carboxylic acids is 1. The van der Waals surface area contributed by atoms with Gasteiger partial charge in [0, 0.05) is 11.3 Å². The molecule has 5 heteroatoms. The van der Waals surface area contributed by atoms with E-state index in [1.165, 1.54) is 5.56 Å². The summed E-state index contributed by atoms with van der Waals surface area (Å²) in [6, 6.07) is 21.9. The molecule has 3 aromatic carbocycles. The number of fused-ring (bicyclic) bond motifs is 1. The maximum absolute atomic E-state index is 12.4. The third-order valence-corrected chi connectivity index (χ3v) is 5.84. The summed E-state index contributed by atoms with van der Waals surface area (Å²) in [5, 5.41) is 3.90. The van der Waals surface area contributed by atoms with Gasteiger partial charge in [0.25, 0.3) is 5.91 Å². The van der Waals surface area contributed by atoms with Crippen molar-refractivity contribution < 1.29 is 9.53 Å². The number of para-hydroxylation sites is 1. The molecule has 0 fully saturated rings. The van der Waals surface area contributed by atoms with Crippen LogP contribution >= 0.6 is 11.3 Å². The molecule has 0 aliphatic carbocycles. The van der Waals surface area contributed by atoms with Crippen LogP contribution in [-0.2, 0) is 11.2 Å². The van der Waals surface area contributed by atoms with Crippen LogP contribution < -0.4 is 10.1 Å². The van der Waals surface area contributed by atoms with Crippen LogP contribution in [-0.4, -0.2) is 17.5 Å². The average Bonchev–Trinajstić information content (AvgIpc) is 3.18. The van der Waals surface area contributed by atoms with Crippen molar-refractivity contribution in [2.24, 2.45) is 0 Å². The molecule has 0 unspecified atom stereocenters. The first kappa shape index (κ1) is 19.2. The Kier molecular flexibility index (Phi) is 5.58. The van der Waals surface area contributed by atoms with Crippen molar-refractivity contribution in [2.75, 3.05) is 11.9 Å². The van der Waals surface area contributed by atoms with Crippen LogP contribution in [0.5, 0.6) is 5.75 Å². The third kappa shape index (κ3) is 4.46. The van der Waals surface area contributed by atoms with Crippen LogP contribution in [0.15, 0.2) is 66.7 Å². The zero-order chi connectivity index (χ0) is 20.2. The lowest BCUT2D eigenvalue weighted by Gasteiger charge is -2.11. The molecule has 0 spiro atoms. The van der Waals surface area contributed by atoms with Crippen molar-refractivity contribution in [1.29, 1.82) is 0 Å². The van der Waals surface area contributed by atoms with Crippen LogP contribution in [0.1, 0.15) is 18.1 Å². The number of nitrogens with one attached hydrogen (secondary N) is 1. The van der Waals surface area contributed by atoms with E-state index in [1.54, 1.807) is 11.3 Å². The zero-order valence-corrected chi connectivity index (χ0v) is 17.3. The Morgan fingerprint density at radius 2 is 1.86 bits per heavy atom. The van der Waals surface area contributed by atoms with E-state index in [1.807, 2.05) is 67.6 Å². The molecule has 4 aromatic rings. The molecule has 0 aliphatic rings. The largest absolute Gasteiger partial charge is 0.484 e. The molecule has 1 heterocycles. The molecule has 146 valence electrons. The number of nitrogens with zero attached hydrogens (tertiary/aromatic N) is 1. The molecule has 0 radical (unpaired) electrons. The lowest BCUT2D eigenvalue weighted by Crippen LogP contribution is -2.20. The van der Waals surface area contributed by atoms with Crippen molar-refractivity contribution >= 4 is 33.1 Å². The normalized spacial score (nSPS) is 10.8. The zero-order valence-electron chi connectivity index (χ0n) is 16.4. The second kappa shape index (κ2) is 8.45. The minimum atomic E-state index is -0.186. The van der Waals surface area contributed by atoms with E-state index < -0.39 is 0 Å². The highest BCUT2D eigenvalue weighted by Crippen LogP contribution is 2.32. The Balaban J connectivity index is 1.46. The number of anilines is 1. The number of rotatable bonds is 6. The number of thiazole rings is 1. The van der Waals surface area contributed by atoms with Crippen LogP contribution in [0.3, 0.4) is 0 Å². The predicted molar refractivity (Wildman–Crippen MR) is 120 cm³/mol. The maximum Gasteiger partial charge on any atom is 0.262 e. The maximum atomic E-state index is 12.4. The van der Waals surface area contributed by atoms with Gasteiger partial charge in [-0.25, -0.2) is 4.98 Å². The highest BCUT2D eigenvalue weighted by atomic mass is 32.1. The number of carbonyl (C=O) groups is 1. The first-order valence-electron chi connectivity index (χ1n) is 9.60. The molecule has 1 N–H and O–H groups in total. The summed E-state index contributed by atoms with van der Waals surface area (Å²) in [4.78, 5) is 17.1. The molecule has 29 heavy (non-hydrogen) atoms. The van der Waals surface area contributed by atoms with Gasteiger partial charge in [-0.15, -0.1) is 11.3 Å². The molecule has 0 bridgehead atoms. The number of amides is 1. The molecule has 4 rings (SSSR count). The summed E-state index contributed by atoms with van der Waals surface area (Å²) < 4.78 is 6.76. The van der Waals surface area contributed by atoms with Gasteiger partial charge in [-0.3, -0.25) is 4.79 Å². The monoisotopic (exact) mass is 402 g/mol. The summed E-state index contributed by atoms with van der Waals surface area (Å²) in [6.45, 7) is 4.05. The topological polar surface area (TPSA) is 51.2 Å². The lowest BCUT2D eigenvalue weighted by molar-refractivity contribution is -0.118. The van der Waals surface area contributed by atoms with E-state index in [0.717, 1.165) is 38.5 Å². The summed E-state index contributed by atoms with van der Waals surface area (Å²) in [6.07, 6.45) is 0.977. The predicted octanol–water partition coefficient (Wildman–Crippen LogP) is 5.85. The van der Waals surface area contributed by atoms with Gasteiger partial charge < -0.3 is 10.1 Å². The van der Waals surface area contributed by atoms with Gasteiger partial charge in [-0.05, 0) is 54.8 Å². The Labute approximate surface area is 174 Å². The molecule has 4 nitrogen and oxygen atoms in total. The molecular weight excluding hydrogens is 380 g/mol. The van der Waals surface area contributed by atoms with Crippen molar-refractivity contribution in [3.05, 3.63) is 77.9 Å². The number of benzene rings is 3. The number of hydrogen-bond donors (Lipinski definition) is 1. The fourth-order valence-corrected chi connectivity index (χ4v) is 4.00. The lowest BCUT2D eigenvalue weighted by atomic mass is 10.1. The summed E-state index contributed by atoms with van der Waals surface area (Å²) in [7, 11) is 0. The van der Waals surface area contributed by atoms with Gasteiger partial charge in [0.15, 0.2) is 6.61 Å². The van der Waals surface area contributed by atoms with E-state index in [0.29, 0.717) is 5.75 Å². The molecule has 0 atom stereocenters. The Morgan fingerprint density at radius 1 is 1.07 bits per heavy atom. The van der Waals surface area contributed by atoms with Crippen molar-refractivity contribution in [2.45, 2.75) is 20.3 Å². The minimum absolute atomic E-state index is 0.0315. The van der Waals surface area contributed by atoms with Crippen molar-refractivity contribution in [3.8, 4) is 16.3 Å². The second-order valence-corrected chi connectivity index (χ2v) is 7.88. The fraction of sp³-hybridized carbons (Fsp3) is 0.167. The molecule has 0 aliphatic heterocycles. The first-order valence-corrected chi connectivity index (χ1v) is 10.4. The quantitative estimate of drug-likeness (QED) is 0.440. The van der Waals surface area contributed by atoms with Gasteiger partial charge in [-0.1, -0.05) is 43.3 Å². The number of hydrogen-bond acceptors (Lipinski definition) is 4. The number of ether oxygens (including phenoxy) is 1. The van der Waals surface area contributed by atoms with Crippen LogP contribution in [0.4, 0.5) is 5.69 Å². The summed E-state index contributed by atoms with van der Waals surface area (Å²) >= 11 is 1.65. The number of aryl methyl sites for hydroxylation is 2. The summed E-state index contributed by atoms with van der Waals surface area (Å²) in [5.41, 5.74) is 4.99. The van der Waals surface area contributed by atoms with E-state index in [2.05, 4.69) is 18.3 Å². The fourth-order valence-electron chi connectivity index (χ4n) is 3.04. The third-order valence-electron chi connectivity index (χ3n) is 4.75. The van der Waals surface area contributed by atoms with Gasteiger partial charge in [-0.2, -0.15) is 0 Å². The smallest absolute Gasteiger partial charge is 0.262 e. The highest BCUT2D eigenvalue weighted by Gasteiger charge is 2.11. The minimum Gasteiger partial charge on any atom is -0.484 e. The average molecular weight is 403 g/mol. The van der Waals surface area contributed by atoms with Crippen molar-refractivity contribution in [1.82, 2.24) is 4.98 Å². The Bertz CT molecular complexity index is 1120. The Hall–Kier alpha value is -3.18. The highest BCUT2D eigenvalue weighted by molar-refractivity contribution is 7.21. The first-order chi connectivity index (χ1) is 14.1. The van der Waals surface area contributed by atoms with Gasteiger partial charge in [0.2, 0.25) is 0 Å². The van der Waals surface area contributed by atoms with Gasteiger partial charge >= 0.3 is 0 Å². The molecular formula is C24H22N2O2S. The Morgan fingerprint density at radius 3 is 2.62 bits per heavy atom. The standard InChI is InChI=1S/C24H22N2O2S/c1-3-17-9-12-19(13-10-17)28-15-23(27)25-21-14-18(11-8-16(21)2)24-26-20-6-4-5-7-22(20)29-24/h4-14H,3,15H2,1-2H3,(H,25,27).